The molecule has 0 amide bonds. The van der Waals surface area contributed by atoms with Crippen LogP contribution in [-0.2, 0) is 4.74 Å². The largest absolute Gasteiger partial charge is 0.494 e. The fourth-order valence-electron chi connectivity index (χ4n) is 1.80. The third-order valence-electron chi connectivity index (χ3n) is 2.55. The Hall–Kier alpha value is -0.920. The van der Waals surface area contributed by atoms with Gasteiger partial charge in [0, 0.05) is 18.8 Å². The van der Waals surface area contributed by atoms with Gasteiger partial charge in [-0.1, -0.05) is 6.58 Å². The molecule has 2 heteroatoms. The molecule has 0 saturated carbocycles. The second kappa shape index (κ2) is 5.74. The summed E-state index contributed by atoms with van der Waals surface area (Å²) in [6.45, 7) is 11.0. The number of hydrogen-bond acceptors (Lipinski definition) is 2. The van der Waals surface area contributed by atoms with Gasteiger partial charge in [0.2, 0.25) is 0 Å². The Morgan fingerprint density at radius 2 is 2.00 bits per heavy atom. The van der Waals surface area contributed by atoms with Crippen LogP contribution >= 0.6 is 0 Å². The van der Waals surface area contributed by atoms with E-state index >= 15 is 0 Å². The molecule has 1 fully saturated rings. The highest BCUT2D eigenvalue weighted by Gasteiger charge is 2.09. The van der Waals surface area contributed by atoms with Crippen LogP contribution in [0.15, 0.2) is 24.1 Å². The summed E-state index contributed by atoms with van der Waals surface area (Å²) < 4.78 is 5.31. The van der Waals surface area contributed by atoms with Crippen molar-refractivity contribution in [1.82, 2.24) is 4.90 Å². The number of hydrogen-bond donors (Lipinski definition) is 0. The summed E-state index contributed by atoms with van der Waals surface area (Å²) in [7, 11) is 0. The molecular weight excluding hydrogens is 174 g/mol. The molecular formula is C12H21NO. The molecule has 1 rings (SSSR count). The van der Waals surface area contributed by atoms with E-state index in [0.717, 1.165) is 5.76 Å². The zero-order chi connectivity index (χ0) is 10.4. The lowest BCUT2D eigenvalue weighted by atomic mass is 10.1. The van der Waals surface area contributed by atoms with Gasteiger partial charge in [-0.2, -0.15) is 0 Å². The van der Waals surface area contributed by atoms with Crippen molar-refractivity contribution in [1.29, 1.82) is 0 Å². The topological polar surface area (TPSA) is 12.5 Å². The van der Waals surface area contributed by atoms with Crippen molar-refractivity contribution >= 4 is 0 Å². The van der Waals surface area contributed by atoms with Crippen LogP contribution in [-0.4, -0.2) is 24.6 Å². The van der Waals surface area contributed by atoms with E-state index in [-0.39, 0.29) is 0 Å². The Kier molecular flexibility index (Phi) is 4.57. The first-order valence-electron chi connectivity index (χ1n) is 5.49. The van der Waals surface area contributed by atoms with Crippen LogP contribution in [0.25, 0.3) is 0 Å². The molecule has 1 aliphatic rings. The van der Waals surface area contributed by atoms with Crippen LogP contribution in [0, 0.1) is 0 Å². The van der Waals surface area contributed by atoms with Gasteiger partial charge in [-0.15, -0.1) is 0 Å². The Morgan fingerprint density at radius 1 is 1.36 bits per heavy atom. The van der Waals surface area contributed by atoms with Crippen molar-refractivity contribution in [2.24, 2.45) is 0 Å². The quantitative estimate of drug-likeness (QED) is 0.505. The van der Waals surface area contributed by atoms with E-state index in [9.17, 15) is 0 Å². The lowest BCUT2D eigenvalue weighted by Crippen LogP contribution is -2.28. The summed E-state index contributed by atoms with van der Waals surface area (Å²) in [6.07, 6.45) is 6.03. The Morgan fingerprint density at radius 3 is 2.57 bits per heavy atom. The number of ether oxygens (including phenoxy) is 1. The minimum Gasteiger partial charge on any atom is -0.494 e. The number of rotatable bonds is 4. The van der Waals surface area contributed by atoms with E-state index in [1.54, 1.807) is 0 Å². The molecule has 0 aliphatic carbocycles. The SMILES string of the molecule is C=C(/C=C(/C)N1CCCCC1)OCC. The first-order valence-corrected chi connectivity index (χ1v) is 5.49. The van der Waals surface area contributed by atoms with Gasteiger partial charge in [0.1, 0.15) is 5.76 Å². The summed E-state index contributed by atoms with van der Waals surface area (Å²) in [5, 5.41) is 0. The van der Waals surface area contributed by atoms with Gasteiger partial charge in [0.15, 0.2) is 0 Å². The van der Waals surface area contributed by atoms with Gasteiger partial charge < -0.3 is 9.64 Å². The summed E-state index contributed by atoms with van der Waals surface area (Å²) in [6, 6.07) is 0. The normalized spacial score (nSPS) is 18.1. The molecule has 0 aromatic carbocycles. The van der Waals surface area contributed by atoms with Crippen LogP contribution in [0.3, 0.4) is 0 Å². The van der Waals surface area contributed by atoms with Crippen molar-refractivity contribution in [3.05, 3.63) is 24.1 Å². The fourth-order valence-corrected chi connectivity index (χ4v) is 1.80. The van der Waals surface area contributed by atoms with E-state index < -0.39 is 0 Å². The molecule has 1 saturated heterocycles. The zero-order valence-electron chi connectivity index (χ0n) is 9.38. The molecule has 2 nitrogen and oxygen atoms in total. The maximum absolute atomic E-state index is 5.31. The Labute approximate surface area is 87.2 Å². The second-order valence-electron chi connectivity index (χ2n) is 3.73. The summed E-state index contributed by atoms with van der Waals surface area (Å²) in [5.41, 5.74) is 1.28. The molecule has 0 N–H and O–H groups in total. The van der Waals surface area contributed by atoms with Crippen molar-refractivity contribution < 1.29 is 4.74 Å². The molecule has 14 heavy (non-hydrogen) atoms. The maximum Gasteiger partial charge on any atom is 0.113 e. The summed E-state index contributed by atoms with van der Waals surface area (Å²) >= 11 is 0. The predicted molar refractivity (Wildman–Crippen MR) is 59.9 cm³/mol. The van der Waals surface area contributed by atoms with Gasteiger partial charge in [0.25, 0.3) is 0 Å². The predicted octanol–water partition coefficient (Wildman–Crippen LogP) is 2.93. The van der Waals surface area contributed by atoms with Gasteiger partial charge in [-0.3, -0.25) is 0 Å². The average molecular weight is 195 g/mol. The molecule has 1 heterocycles. The zero-order valence-corrected chi connectivity index (χ0v) is 9.38. The van der Waals surface area contributed by atoms with Crippen LogP contribution in [0.1, 0.15) is 33.1 Å². The maximum atomic E-state index is 5.31. The Bertz CT molecular complexity index is 214. The molecule has 0 aromatic rings. The molecule has 0 atom stereocenters. The highest BCUT2D eigenvalue weighted by atomic mass is 16.5. The highest BCUT2D eigenvalue weighted by Crippen LogP contribution is 2.15. The molecule has 0 aromatic heterocycles. The van der Waals surface area contributed by atoms with E-state index in [1.807, 2.05) is 13.0 Å². The van der Waals surface area contributed by atoms with Crippen molar-refractivity contribution in [3.63, 3.8) is 0 Å². The van der Waals surface area contributed by atoms with Crippen molar-refractivity contribution in [2.45, 2.75) is 33.1 Å². The first kappa shape index (κ1) is 11.2. The minimum atomic E-state index is 0.697. The average Bonchev–Trinajstić information content (AvgIpc) is 2.19. The number of likely N-dealkylation sites (tertiary alicyclic amines) is 1. The highest BCUT2D eigenvalue weighted by molar-refractivity contribution is 5.13. The number of allylic oxidation sites excluding steroid dienone is 2. The third kappa shape index (κ3) is 3.44. The molecule has 0 bridgehead atoms. The van der Waals surface area contributed by atoms with Crippen LogP contribution in [0.5, 0.6) is 0 Å². The lowest BCUT2D eigenvalue weighted by Gasteiger charge is -2.29. The summed E-state index contributed by atoms with van der Waals surface area (Å²) in [4.78, 5) is 2.41. The van der Waals surface area contributed by atoms with Gasteiger partial charge in [-0.05, 0) is 39.2 Å². The van der Waals surface area contributed by atoms with Crippen molar-refractivity contribution in [2.75, 3.05) is 19.7 Å². The van der Waals surface area contributed by atoms with Gasteiger partial charge in [-0.25, -0.2) is 0 Å². The molecule has 0 radical (unpaired) electrons. The standard InChI is InChI=1S/C12H21NO/c1-4-14-12(3)10-11(2)13-8-6-5-7-9-13/h10H,3-9H2,1-2H3/b11-10-. The number of piperidine rings is 1. The fraction of sp³-hybridized carbons (Fsp3) is 0.667. The molecule has 1 aliphatic heterocycles. The molecule has 0 unspecified atom stereocenters. The molecule has 80 valence electrons. The first-order chi connectivity index (χ1) is 6.74. The van der Waals surface area contributed by atoms with E-state index in [1.165, 1.54) is 38.0 Å². The van der Waals surface area contributed by atoms with Crippen LogP contribution in [0.4, 0.5) is 0 Å². The van der Waals surface area contributed by atoms with Crippen molar-refractivity contribution in [3.8, 4) is 0 Å². The smallest absolute Gasteiger partial charge is 0.113 e. The van der Waals surface area contributed by atoms with Gasteiger partial charge in [0.05, 0.1) is 6.61 Å². The Balaban J connectivity index is 2.44. The van der Waals surface area contributed by atoms with E-state index in [2.05, 4.69) is 18.4 Å². The second-order valence-corrected chi connectivity index (χ2v) is 3.73. The molecule has 0 spiro atoms. The third-order valence-corrected chi connectivity index (χ3v) is 2.55. The van der Waals surface area contributed by atoms with Gasteiger partial charge >= 0.3 is 0 Å². The monoisotopic (exact) mass is 195 g/mol. The van der Waals surface area contributed by atoms with E-state index in [0.29, 0.717) is 6.61 Å². The lowest BCUT2D eigenvalue weighted by molar-refractivity contribution is 0.239. The van der Waals surface area contributed by atoms with E-state index in [4.69, 9.17) is 4.74 Å². The summed E-state index contributed by atoms with van der Waals surface area (Å²) in [5.74, 6) is 0.774. The van der Waals surface area contributed by atoms with Crippen LogP contribution < -0.4 is 0 Å². The van der Waals surface area contributed by atoms with Crippen LogP contribution in [0.2, 0.25) is 0 Å². The number of nitrogens with zero attached hydrogens (tertiary/aromatic N) is 1. The minimum absolute atomic E-state index is 0.697.